The Balaban J connectivity index is 3.48. The van der Waals surface area contributed by atoms with Gasteiger partial charge in [-0.1, -0.05) is 0 Å². The Morgan fingerprint density at radius 2 is 2.14 bits per heavy atom. The number of halogens is 2. The van der Waals surface area contributed by atoms with Crippen molar-refractivity contribution in [3.63, 3.8) is 0 Å². The highest BCUT2D eigenvalue weighted by Gasteiger charge is 2.17. The van der Waals surface area contributed by atoms with Crippen LogP contribution in [0.15, 0.2) is 10.9 Å². The molecule has 0 aliphatic carbocycles. The summed E-state index contributed by atoms with van der Waals surface area (Å²) >= 11 is 0. The second-order valence-corrected chi connectivity index (χ2v) is 2.75. The van der Waals surface area contributed by atoms with E-state index in [1.54, 1.807) is 0 Å². The van der Waals surface area contributed by atoms with Crippen molar-refractivity contribution in [3.8, 4) is 0 Å². The Morgan fingerprint density at radius 1 is 1.57 bits per heavy atom. The summed E-state index contributed by atoms with van der Waals surface area (Å²) in [7, 11) is 0. The first-order valence-electron chi connectivity index (χ1n) is 3.75. The smallest absolute Gasteiger partial charge is 0.265 e. The highest BCUT2D eigenvalue weighted by molar-refractivity contribution is 5.92. The molecule has 1 amide bonds. The van der Waals surface area contributed by atoms with Gasteiger partial charge < -0.3 is 10.7 Å². The summed E-state index contributed by atoms with van der Waals surface area (Å²) in [6.07, 6.45) is -2.80. The van der Waals surface area contributed by atoms with E-state index in [0.717, 1.165) is 6.07 Å². The standard InChI is InChI=1S/C8H8F2N2O2/c1-3-4(7(9)10)2-5(13)12-6(3)8(11)14/h2,7H,1H3,(H2,11,14)(H,12,13). The number of nitrogens with one attached hydrogen (secondary N) is 1. The van der Waals surface area contributed by atoms with E-state index in [2.05, 4.69) is 4.98 Å². The number of hydrogen-bond acceptors (Lipinski definition) is 2. The van der Waals surface area contributed by atoms with E-state index in [1.807, 2.05) is 0 Å². The number of carbonyl (C=O) groups excluding carboxylic acids is 1. The molecule has 0 fully saturated rings. The highest BCUT2D eigenvalue weighted by Crippen LogP contribution is 2.21. The Bertz CT molecular complexity index is 426. The van der Waals surface area contributed by atoms with E-state index in [9.17, 15) is 18.4 Å². The second kappa shape index (κ2) is 3.57. The summed E-state index contributed by atoms with van der Waals surface area (Å²) in [5, 5.41) is 0. The minimum atomic E-state index is -2.80. The first kappa shape index (κ1) is 10.4. The molecule has 1 heterocycles. The van der Waals surface area contributed by atoms with Crippen molar-refractivity contribution >= 4 is 5.91 Å². The summed E-state index contributed by atoms with van der Waals surface area (Å²) < 4.78 is 24.7. The molecular formula is C8H8F2N2O2. The predicted octanol–water partition coefficient (Wildman–Crippen LogP) is 0.720. The lowest BCUT2D eigenvalue weighted by Crippen LogP contribution is -2.21. The first-order chi connectivity index (χ1) is 6.43. The summed E-state index contributed by atoms with van der Waals surface area (Å²) in [6, 6.07) is 0.756. The highest BCUT2D eigenvalue weighted by atomic mass is 19.3. The van der Waals surface area contributed by atoms with E-state index in [0.29, 0.717) is 0 Å². The van der Waals surface area contributed by atoms with Crippen molar-refractivity contribution < 1.29 is 13.6 Å². The van der Waals surface area contributed by atoms with Crippen molar-refractivity contribution in [2.24, 2.45) is 5.73 Å². The lowest BCUT2D eigenvalue weighted by Gasteiger charge is -2.06. The summed E-state index contributed by atoms with van der Waals surface area (Å²) in [6.45, 7) is 1.30. The Labute approximate surface area is 77.7 Å². The van der Waals surface area contributed by atoms with Gasteiger partial charge in [-0.25, -0.2) is 8.78 Å². The maximum absolute atomic E-state index is 12.3. The van der Waals surface area contributed by atoms with Crippen molar-refractivity contribution in [1.82, 2.24) is 4.98 Å². The molecule has 6 heteroatoms. The molecular weight excluding hydrogens is 194 g/mol. The number of H-pyrrole nitrogens is 1. The van der Waals surface area contributed by atoms with Crippen LogP contribution in [0.5, 0.6) is 0 Å². The van der Waals surface area contributed by atoms with Crippen LogP contribution in [0.3, 0.4) is 0 Å². The van der Waals surface area contributed by atoms with Crippen LogP contribution in [0, 0.1) is 6.92 Å². The van der Waals surface area contributed by atoms with Crippen LogP contribution in [0.1, 0.15) is 28.0 Å². The quantitative estimate of drug-likeness (QED) is 0.741. The van der Waals surface area contributed by atoms with Gasteiger partial charge in [0, 0.05) is 11.6 Å². The van der Waals surface area contributed by atoms with Crippen LogP contribution >= 0.6 is 0 Å². The van der Waals surface area contributed by atoms with Gasteiger partial charge in [0.25, 0.3) is 12.3 Å². The topological polar surface area (TPSA) is 75.9 Å². The molecule has 0 spiro atoms. The van der Waals surface area contributed by atoms with Gasteiger partial charge in [0.05, 0.1) is 0 Å². The molecule has 14 heavy (non-hydrogen) atoms. The number of aromatic nitrogens is 1. The Kier molecular flexibility index (Phi) is 2.64. The van der Waals surface area contributed by atoms with Gasteiger partial charge >= 0.3 is 0 Å². The predicted molar refractivity (Wildman–Crippen MR) is 45.3 cm³/mol. The molecule has 4 nitrogen and oxygen atoms in total. The maximum atomic E-state index is 12.3. The third-order valence-corrected chi connectivity index (χ3v) is 1.82. The number of amides is 1. The summed E-state index contributed by atoms with van der Waals surface area (Å²) in [4.78, 5) is 23.7. The molecule has 0 aliphatic rings. The lowest BCUT2D eigenvalue weighted by atomic mass is 10.1. The van der Waals surface area contributed by atoms with Gasteiger partial charge in [0.1, 0.15) is 5.69 Å². The largest absolute Gasteiger partial charge is 0.364 e. The molecule has 0 atom stereocenters. The number of hydrogen-bond donors (Lipinski definition) is 2. The monoisotopic (exact) mass is 202 g/mol. The molecule has 1 aromatic rings. The Hall–Kier alpha value is -1.72. The average molecular weight is 202 g/mol. The number of pyridine rings is 1. The third-order valence-electron chi connectivity index (χ3n) is 1.82. The molecule has 0 unspecified atom stereocenters. The normalized spacial score (nSPS) is 10.6. The first-order valence-corrected chi connectivity index (χ1v) is 3.75. The average Bonchev–Trinajstić information content (AvgIpc) is 2.07. The zero-order valence-electron chi connectivity index (χ0n) is 7.30. The molecule has 1 rings (SSSR count). The van der Waals surface area contributed by atoms with Crippen molar-refractivity contribution in [1.29, 1.82) is 0 Å². The van der Waals surface area contributed by atoms with E-state index in [-0.39, 0.29) is 11.3 Å². The maximum Gasteiger partial charge on any atom is 0.265 e. The van der Waals surface area contributed by atoms with Crippen molar-refractivity contribution in [2.75, 3.05) is 0 Å². The van der Waals surface area contributed by atoms with E-state index in [1.165, 1.54) is 6.92 Å². The zero-order chi connectivity index (χ0) is 10.9. The molecule has 3 N–H and O–H groups in total. The molecule has 0 bridgehead atoms. The number of alkyl halides is 2. The van der Waals surface area contributed by atoms with Crippen molar-refractivity contribution in [3.05, 3.63) is 33.2 Å². The van der Waals surface area contributed by atoms with Crippen LogP contribution in [-0.4, -0.2) is 10.9 Å². The van der Waals surface area contributed by atoms with E-state index < -0.39 is 23.5 Å². The van der Waals surface area contributed by atoms with Crippen LogP contribution < -0.4 is 11.3 Å². The molecule has 1 aromatic heterocycles. The molecule has 0 radical (unpaired) electrons. The fourth-order valence-corrected chi connectivity index (χ4v) is 1.12. The van der Waals surface area contributed by atoms with Crippen LogP contribution in [0.2, 0.25) is 0 Å². The SMILES string of the molecule is Cc1c(C(F)F)cc(=O)[nH]c1C(N)=O. The van der Waals surface area contributed by atoms with Crippen LogP contribution in [0.4, 0.5) is 8.78 Å². The van der Waals surface area contributed by atoms with Gasteiger partial charge in [-0.15, -0.1) is 0 Å². The van der Waals surface area contributed by atoms with Gasteiger partial charge in [0.15, 0.2) is 0 Å². The molecule has 0 saturated carbocycles. The fraction of sp³-hybridized carbons (Fsp3) is 0.250. The van der Waals surface area contributed by atoms with E-state index >= 15 is 0 Å². The molecule has 0 aromatic carbocycles. The van der Waals surface area contributed by atoms with Gasteiger partial charge in [0.2, 0.25) is 5.56 Å². The van der Waals surface area contributed by atoms with Gasteiger partial charge in [-0.2, -0.15) is 0 Å². The number of aromatic amines is 1. The summed E-state index contributed by atoms with van der Waals surface area (Å²) in [5.74, 6) is -0.929. The van der Waals surface area contributed by atoms with Crippen molar-refractivity contribution in [2.45, 2.75) is 13.3 Å². The lowest BCUT2D eigenvalue weighted by molar-refractivity contribution is 0.0994. The Morgan fingerprint density at radius 3 is 2.57 bits per heavy atom. The van der Waals surface area contributed by atoms with Crippen LogP contribution in [-0.2, 0) is 0 Å². The van der Waals surface area contributed by atoms with Gasteiger partial charge in [-0.05, 0) is 12.5 Å². The third kappa shape index (κ3) is 1.78. The molecule has 76 valence electrons. The minimum Gasteiger partial charge on any atom is -0.364 e. The summed E-state index contributed by atoms with van der Waals surface area (Å²) in [5.41, 5.74) is 3.40. The molecule has 0 aliphatic heterocycles. The number of carbonyl (C=O) groups is 1. The number of rotatable bonds is 2. The van der Waals surface area contributed by atoms with E-state index in [4.69, 9.17) is 5.73 Å². The zero-order valence-corrected chi connectivity index (χ0v) is 7.30. The minimum absolute atomic E-state index is 0.00657. The number of nitrogens with two attached hydrogens (primary N) is 1. The molecule has 0 saturated heterocycles. The number of primary amides is 1. The van der Waals surface area contributed by atoms with Crippen LogP contribution in [0.25, 0.3) is 0 Å². The fourth-order valence-electron chi connectivity index (χ4n) is 1.12. The van der Waals surface area contributed by atoms with Gasteiger partial charge in [-0.3, -0.25) is 9.59 Å². The second-order valence-electron chi connectivity index (χ2n) is 2.75.